The molecule has 5 heteroatoms. The van der Waals surface area contributed by atoms with Crippen molar-refractivity contribution in [2.45, 2.75) is 12.5 Å². The summed E-state index contributed by atoms with van der Waals surface area (Å²) >= 11 is 0. The molecule has 1 fully saturated rings. The molecule has 0 aliphatic carbocycles. The zero-order valence-electron chi connectivity index (χ0n) is 9.27. The van der Waals surface area contributed by atoms with E-state index in [4.69, 9.17) is 0 Å². The molecule has 0 spiro atoms. The van der Waals surface area contributed by atoms with Crippen molar-refractivity contribution in [1.82, 2.24) is 20.3 Å². The molecule has 0 aromatic carbocycles. The molecule has 0 bridgehead atoms. The largest absolute Gasteiger partial charge is 0.355 e. The maximum Gasteiger partial charge on any atom is 0.142 e. The zero-order valence-corrected chi connectivity index (χ0v) is 9.27. The van der Waals surface area contributed by atoms with Gasteiger partial charge in [0.1, 0.15) is 17.8 Å². The SMILES string of the molecule is CN(c1ncnc2[nH]ccc12)C1CCNC1. The second-order valence-corrected chi connectivity index (χ2v) is 4.19. The van der Waals surface area contributed by atoms with Crippen molar-refractivity contribution < 1.29 is 0 Å². The second-order valence-electron chi connectivity index (χ2n) is 4.19. The van der Waals surface area contributed by atoms with Crippen molar-refractivity contribution in [2.24, 2.45) is 0 Å². The fourth-order valence-electron chi connectivity index (χ4n) is 2.28. The lowest BCUT2D eigenvalue weighted by Gasteiger charge is -2.25. The van der Waals surface area contributed by atoms with Gasteiger partial charge in [-0.15, -0.1) is 0 Å². The Hall–Kier alpha value is -1.62. The van der Waals surface area contributed by atoms with E-state index in [2.05, 4.69) is 32.2 Å². The van der Waals surface area contributed by atoms with Crippen molar-refractivity contribution in [1.29, 1.82) is 0 Å². The van der Waals surface area contributed by atoms with Gasteiger partial charge in [0.05, 0.1) is 5.39 Å². The molecule has 2 aromatic heterocycles. The summed E-state index contributed by atoms with van der Waals surface area (Å²) in [7, 11) is 2.10. The molecule has 2 aromatic rings. The molecule has 3 heterocycles. The second kappa shape index (κ2) is 3.75. The van der Waals surface area contributed by atoms with Crippen LogP contribution in [-0.2, 0) is 0 Å². The van der Waals surface area contributed by atoms with Gasteiger partial charge in [0.25, 0.3) is 0 Å². The van der Waals surface area contributed by atoms with Gasteiger partial charge in [-0.1, -0.05) is 0 Å². The van der Waals surface area contributed by atoms with E-state index in [0.717, 1.165) is 29.9 Å². The molecular formula is C11H15N5. The topological polar surface area (TPSA) is 56.8 Å². The number of aromatic nitrogens is 3. The van der Waals surface area contributed by atoms with Crippen LogP contribution >= 0.6 is 0 Å². The van der Waals surface area contributed by atoms with Crippen LogP contribution in [0.25, 0.3) is 11.0 Å². The third-order valence-corrected chi connectivity index (χ3v) is 3.25. The Labute approximate surface area is 93.9 Å². The number of rotatable bonds is 2. The fourth-order valence-corrected chi connectivity index (χ4v) is 2.28. The van der Waals surface area contributed by atoms with Crippen LogP contribution < -0.4 is 10.2 Å². The van der Waals surface area contributed by atoms with E-state index in [1.807, 2.05) is 12.3 Å². The average Bonchev–Trinajstić information content (AvgIpc) is 2.98. The molecule has 0 amide bonds. The van der Waals surface area contributed by atoms with Crippen LogP contribution in [0.3, 0.4) is 0 Å². The summed E-state index contributed by atoms with van der Waals surface area (Å²) in [6.45, 7) is 2.13. The summed E-state index contributed by atoms with van der Waals surface area (Å²) in [6.07, 6.45) is 4.70. The first-order chi connectivity index (χ1) is 7.86. The molecule has 2 N–H and O–H groups in total. The molecule has 84 valence electrons. The molecule has 0 radical (unpaired) electrons. The Morgan fingerprint density at radius 2 is 2.38 bits per heavy atom. The quantitative estimate of drug-likeness (QED) is 0.779. The van der Waals surface area contributed by atoms with Crippen LogP contribution in [0.4, 0.5) is 5.82 Å². The monoisotopic (exact) mass is 217 g/mol. The summed E-state index contributed by atoms with van der Waals surface area (Å²) in [4.78, 5) is 14.0. The molecule has 0 saturated carbocycles. The summed E-state index contributed by atoms with van der Waals surface area (Å²) in [5.74, 6) is 1.01. The third kappa shape index (κ3) is 1.44. The van der Waals surface area contributed by atoms with E-state index in [-0.39, 0.29) is 0 Å². The van der Waals surface area contributed by atoms with Crippen molar-refractivity contribution in [3.05, 3.63) is 18.6 Å². The lowest BCUT2D eigenvalue weighted by molar-refractivity contribution is 0.679. The van der Waals surface area contributed by atoms with Crippen LogP contribution in [-0.4, -0.2) is 41.1 Å². The van der Waals surface area contributed by atoms with Crippen molar-refractivity contribution in [3.63, 3.8) is 0 Å². The molecule has 1 aliphatic heterocycles. The van der Waals surface area contributed by atoms with Gasteiger partial charge < -0.3 is 15.2 Å². The minimum Gasteiger partial charge on any atom is -0.355 e. The van der Waals surface area contributed by atoms with Crippen molar-refractivity contribution >= 4 is 16.9 Å². The molecule has 1 unspecified atom stereocenters. The Morgan fingerprint density at radius 3 is 3.19 bits per heavy atom. The van der Waals surface area contributed by atoms with Gasteiger partial charge in [-0.25, -0.2) is 9.97 Å². The number of H-pyrrole nitrogens is 1. The van der Waals surface area contributed by atoms with Gasteiger partial charge in [0.15, 0.2) is 0 Å². The van der Waals surface area contributed by atoms with Gasteiger partial charge in [-0.05, 0) is 19.0 Å². The molecule has 1 atom stereocenters. The van der Waals surface area contributed by atoms with Crippen LogP contribution in [0.1, 0.15) is 6.42 Å². The highest BCUT2D eigenvalue weighted by Gasteiger charge is 2.21. The standard InChI is InChI=1S/C11H15N5/c1-16(8-2-4-12-6-8)11-9-3-5-13-10(9)14-7-15-11/h3,5,7-8,12H,2,4,6H2,1H3,(H,13,14,15). The highest BCUT2D eigenvalue weighted by atomic mass is 15.2. The Morgan fingerprint density at radius 1 is 1.44 bits per heavy atom. The smallest absolute Gasteiger partial charge is 0.142 e. The minimum absolute atomic E-state index is 0.535. The summed E-state index contributed by atoms with van der Waals surface area (Å²) in [5, 5.41) is 4.47. The average molecular weight is 217 g/mol. The lowest BCUT2D eigenvalue weighted by atomic mass is 10.2. The highest BCUT2D eigenvalue weighted by Crippen LogP contribution is 2.23. The molecule has 3 rings (SSSR count). The van der Waals surface area contributed by atoms with Crippen molar-refractivity contribution in [2.75, 3.05) is 25.0 Å². The summed E-state index contributed by atoms with van der Waals surface area (Å²) < 4.78 is 0. The van der Waals surface area contributed by atoms with E-state index < -0.39 is 0 Å². The van der Waals surface area contributed by atoms with Crippen LogP contribution in [0.5, 0.6) is 0 Å². The highest BCUT2D eigenvalue weighted by molar-refractivity contribution is 5.87. The number of aromatic amines is 1. The summed E-state index contributed by atoms with van der Waals surface area (Å²) in [5.41, 5.74) is 0.905. The Bertz CT molecular complexity index is 486. The maximum absolute atomic E-state index is 4.39. The number of fused-ring (bicyclic) bond motifs is 1. The molecule has 1 aliphatic rings. The lowest BCUT2D eigenvalue weighted by Crippen LogP contribution is -2.34. The molecular weight excluding hydrogens is 202 g/mol. The van der Waals surface area contributed by atoms with E-state index in [1.54, 1.807) is 6.33 Å². The Balaban J connectivity index is 2.00. The minimum atomic E-state index is 0.535. The zero-order chi connectivity index (χ0) is 11.0. The van der Waals surface area contributed by atoms with Crippen LogP contribution in [0.2, 0.25) is 0 Å². The van der Waals surface area contributed by atoms with Gasteiger partial charge in [-0.2, -0.15) is 0 Å². The first-order valence-electron chi connectivity index (χ1n) is 5.58. The van der Waals surface area contributed by atoms with Gasteiger partial charge in [-0.3, -0.25) is 0 Å². The van der Waals surface area contributed by atoms with Crippen LogP contribution in [0, 0.1) is 0 Å². The molecule has 5 nitrogen and oxygen atoms in total. The number of nitrogens with zero attached hydrogens (tertiary/aromatic N) is 3. The molecule has 1 saturated heterocycles. The number of hydrogen-bond acceptors (Lipinski definition) is 4. The number of nitrogens with one attached hydrogen (secondary N) is 2. The van der Waals surface area contributed by atoms with Crippen LogP contribution in [0.15, 0.2) is 18.6 Å². The molecule has 16 heavy (non-hydrogen) atoms. The summed E-state index contributed by atoms with van der Waals surface area (Å²) in [6, 6.07) is 2.57. The first kappa shape index (κ1) is 9.59. The number of hydrogen-bond donors (Lipinski definition) is 2. The first-order valence-corrected chi connectivity index (χ1v) is 5.58. The maximum atomic E-state index is 4.39. The predicted molar refractivity (Wildman–Crippen MR) is 63.6 cm³/mol. The van der Waals surface area contributed by atoms with Gasteiger partial charge >= 0.3 is 0 Å². The normalized spacial score (nSPS) is 20.4. The number of anilines is 1. The fraction of sp³-hybridized carbons (Fsp3) is 0.455. The third-order valence-electron chi connectivity index (χ3n) is 3.25. The van der Waals surface area contributed by atoms with E-state index in [0.29, 0.717) is 6.04 Å². The Kier molecular flexibility index (Phi) is 2.25. The van der Waals surface area contributed by atoms with E-state index in [9.17, 15) is 0 Å². The van der Waals surface area contributed by atoms with Gasteiger partial charge in [0.2, 0.25) is 0 Å². The predicted octanol–water partition coefficient (Wildman–Crippen LogP) is 0.756. The van der Waals surface area contributed by atoms with E-state index in [1.165, 1.54) is 6.42 Å². The number of likely N-dealkylation sites (N-methyl/N-ethyl adjacent to an activating group) is 1. The van der Waals surface area contributed by atoms with Crippen molar-refractivity contribution in [3.8, 4) is 0 Å². The van der Waals surface area contributed by atoms with Gasteiger partial charge in [0, 0.05) is 25.8 Å². The van der Waals surface area contributed by atoms with E-state index >= 15 is 0 Å².